The van der Waals surface area contributed by atoms with Crippen molar-refractivity contribution in [3.63, 3.8) is 0 Å². The highest BCUT2D eigenvalue weighted by atomic mass is 15.1. The summed E-state index contributed by atoms with van der Waals surface area (Å²) in [4.78, 5) is 6.78. The molecule has 0 unspecified atom stereocenters. The third-order valence-electron chi connectivity index (χ3n) is 3.17. The van der Waals surface area contributed by atoms with Crippen LogP contribution in [0.25, 0.3) is 0 Å². The predicted molar refractivity (Wildman–Crippen MR) is 83.7 cm³/mol. The molecule has 1 aromatic rings. The molecule has 0 atom stereocenters. The lowest BCUT2D eigenvalue weighted by molar-refractivity contribution is 0.424. The maximum Gasteiger partial charge on any atom is 0.0442 e. The quantitative estimate of drug-likeness (QED) is 0.851. The van der Waals surface area contributed by atoms with Crippen LogP contribution in [-0.2, 0) is 6.54 Å². The van der Waals surface area contributed by atoms with Crippen LogP contribution in [0.15, 0.2) is 12.3 Å². The van der Waals surface area contributed by atoms with Crippen LogP contribution in [0.1, 0.15) is 51.8 Å². The summed E-state index contributed by atoms with van der Waals surface area (Å²) >= 11 is 0. The van der Waals surface area contributed by atoms with Crippen molar-refractivity contribution in [3.8, 4) is 0 Å². The van der Waals surface area contributed by atoms with Gasteiger partial charge < -0.3 is 10.2 Å². The summed E-state index contributed by atoms with van der Waals surface area (Å²) in [7, 11) is 2.17. The first-order valence-corrected chi connectivity index (χ1v) is 7.25. The van der Waals surface area contributed by atoms with Gasteiger partial charge in [-0.25, -0.2) is 0 Å². The van der Waals surface area contributed by atoms with Crippen molar-refractivity contribution in [1.82, 2.24) is 10.3 Å². The minimum atomic E-state index is 0.129. The second kappa shape index (κ2) is 6.90. The number of aryl methyl sites for hydroxylation is 1. The van der Waals surface area contributed by atoms with Gasteiger partial charge in [0.15, 0.2) is 0 Å². The number of anilines is 1. The lowest BCUT2D eigenvalue weighted by Crippen LogP contribution is -2.35. The zero-order valence-corrected chi connectivity index (χ0v) is 13.4. The zero-order valence-electron chi connectivity index (χ0n) is 13.4. The molecule has 0 saturated carbocycles. The van der Waals surface area contributed by atoms with Crippen molar-refractivity contribution in [2.75, 3.05) is 18.5 Å². The van der Waals surface area contributed by atoms with Crippen molar-refractivity contribution < 1.29 is 0 Å². The van der Waals surface area contributed by atoms with Crippen molar-refractivity contribution in [1.29, 1.82) is 0 Å². The first-order valence-electron chi connectivity index (χ1n) is 7.25. The van der Waals surface area contributed by atoms with Gasteiger partial charge in [-0.05, 0) is 40.2 Å². The van der Waals surface area contributed by atoms with Gasteiger partial charge in [0.25, 0.3) is 0 Å². The predicted octanol–water partition coefficient (Wildman–Crippen LogP) is 3.51. The SMILES string of the molecule is CCCCN(C)c1cc(C)ncc1CNC(C)(C)C. The fourth-order valence-electron chi connectivity index (χ4n) is 1.94. The van der Waals surface area contributed by atoms with E-state index in [1.54, 1.807) is 0 Å². The molecule has 0 bridgehead atoms. The van der Waals surface area contributed by atoms with Crippen molar-refractivity contribution >= 4 is 5.69 Å². The van der Waals surface area contributed by atoms with Gasteiger partial charge in [-0.1, -0.05) is 13.3 Å². The van der Waals surface area contributed by atoms with E-state index in [1.165, 1.54) is 24.1 Å². The minimum absolute atomic E-state index is 0.129. The number of nitrogens with one attached hydrogen (secondary N) is 1. The number of unbranched alkanes of at least 4 members (excludes halogenated alkanes) is 1. The summed E-state index contributed by atoms with van der Waals surface area (Å²) in [6, 6.07) is 2.19. The Labute approximate surface area is 118 Å². The van der Waals surface area contributed by atoms with Gasteiger partial charge in [0.2, 0.25) is 0 Å². The molecule has 1 heterocycles. The maximum absolute atomic E-state index is 4.44. The molecule has 19 heavy (non-hydrogen) atoms. The molecule has 3 nitrogen and oxygen atoms in total. The Bertz CT molecular complexity index is 393. The summed E-state index contributed by atoms with van der Waals surface area (Å²) in [5.74, 6) is 0. The normalized spacial score (nSPS) is 11.7. The van der Waals surface area contributed by atoms with Gasteiger partial charge >= 0.3 is 0 Å². The van der Waals surface area contributed by atoms with Gasteiger partial charge in [0, 0.05) is 48.8 Å². The number of nitrogens with zero attached hydrogens (tertiary/aromatic N) is 2. The van der Waals surface area contributed by atoms with E-state index < -0.39 is 0 Å². The van der Waals surface area contributed by atoms with E-state index in [4.69, 9.17) is 0 Å². The summed E-state index contributed by atoms with van der Waals surface area (Å²) in [5, 5.41) is 3.54. The van der Waals surface area contributed by atoms with Crippen LogP contribution in [0.2, 0.25) is 0 Å². The Morgan fingerprint density at radius 2 is 2.00 bits per heavy atom. The van der Waals surface area contributed by atoms with Crippen LogP contribution in [0, 0.1) is 6.92 Å². The topological polar surface area (TPSA) is 28.2 Å². The molecule has 1 rings (SSSR count). The summed E-state index contributed by atoms with van der Waals surface area (Å²) in [6.07, 6.45) is 4.46. The fourth-order valence-corrected chi connectivity index (χ4v) is 1.94. The Kier molecular flexibility index (Phi) is 5.80. The lowest BCUT2D eigenvalue weighted by atomic mass is 10.1. The highest BCUT2D eigenvalue weighted by Crippen LogP contribution is 2.21. The highest BCUT2D eigenvalue weighted by Gasteiger charge is 2.12. The number of pyridine rings is 1. The van der Waals surface area contributed by atoms with E-state index in [2.05, 4.69) is 62.9 Å². The largest absolute Gasteiger partial charge is 0.374 e. The molecular formula is C16H29N3. The molecule has 0 amide bonds. The molecule has 1 aromatic heterocycles. The Morgan fingerprint density at radius 1 is 1.32 bits per heavy atom. The van der Waals surface area contributed by atoms with Gasteiger partial charge in [-0.3, -0.25) is 4.98 Å². The first kappa shape index (κ1) is 16.0. The molecule has 0 fully saturated rings. The van der Waals surface area contributed by atoms with Crippen molar-refractivity contribution in [2.45, 2.75) is 59.5 Å². The van der Waals surface area contributed by atoms with Crippen molar-refractivity contribution in [3.05, 3.63) is 23.5 Å². The molecule has 0 aromatic carbocycles. The maximum atomic E-state index is 4.44. The van der Waals surface area contributed by atoms with E-state index >= 15 is 0 Å². The number of hydrogen-bond donors (Lipinski definition) is 1. The van der Waals surface area contributed by atoms with Crippen LogP contribution in [0.3, 0.4) is 0 Å². The van der Waals surface area contributed by atoms with E-state index in [1.807, 2.05) is 6.20 Å². The second-order valence-corrected chi connectivity index (χ2v) is 6.33. The van der Waals surface area contributed by atoms with Crippen LogP contribution >= 0.6 is 0 Å². The molecule has 0 aliphatic rings. The molecule has 1 N–H and O–H groups in total. The Morgan fingerprint density at radius 3 is 2.58 bits per heavy atom. The summed E-state index contributed by atoms with van der Waals surface area (Å²) < 4.78 is 0. The molecule has 0 aliphatic carbocycles. The van der Waals surface area contributed by atoms with Gasteiger partial charge in [0.1, 0.15) is 0 Å². The third kappa shape index (κ3) is 5.60. The van der Waals surface area contributed by atoms with Gasteiger partial charge in [-0.2, -0.15) is 0 Å². The molecule has 0 saturated heterocycles. The molecule has 0 spiro atoms. The first-order chi connectivity index (χ1) is 8.83. The van der Waals surface area contributed by atoms with E-state index in [-0.39, 0.29) is 5.54 Å². The molecule has 0 aliphatic heterocycles. The van der Waals surface area contributed by atoms with E-state index in [0.29, 0.717) is 0 Å². The molecular weight excluding hydrogens is 234 g/mol. The Balaban J connectivity index is 2.85. The molecule has 0 radical (unpaired) electrons. The van der Waals surface area contributed by atoms with E-state index in [9.17, 15) is 0 Å². The average molecular weight is 263 g/mol. The zero-order chi connectivity index (χ0) is 14.5. The van der Waals surface area contributed by atoms with Crippen LogP contribution in [0.4, 0.5) is 5.69 Å². The molecule has 3 heteroatoms. The summed E-state index contributed by atoms with van der Waals surface area (Å²) in [5.41, 5.74) is 3.79. The van der Waals surface area contributed by atoms with Gasteiger partial charge in [-0.15, -0.1) is 0 Å². The number of hydrogen-bond acceptors (Lipinski definition) is 3. The number of rotatable bonds is 6. The molecule has 108 valence electrons. The smallest absolute Gasteiger partial charge is 0.0442 e. The second-order valence-electron chi connectivity index (χ2n) is 6.33. The van der Waals surface area contributed by atoms with Crippen LogP contribution in [0.5, 0.6) is 0 Å². The van der Waals surface area contributed by atoms with Gasteiger partial charge in [0.05, 0.1) is 0 Å². The fraction of sp³-hybridized carbons (Fsp3) is 0.688. The lowest BCUT2D eigenvalue weighted by Gasteiger charge is -2.25. The number of aromatic nitrogens is 1. The van der Waals surface area contributed by atoms with Crippen LogP contribution in [-0.4, -0.2) is 24.1 Å². The van der Waals surface area contributed by atoms with E-state index in [0.717, 1.165) is 18.8 Å². The average Bonchev–Trinajstić information content (AvgIpc) is 2.33. The van der Waals surface area contributed by atoms with Crippen LogP contribution < -0.4 is 10.2 Å². The standard InChI is InChI=1S/C16H29N3/c1-7-8-9-19(6)15-10-13(2)17-11-14(15)12-18-16(3,4)5/h10-11,18H,7-9,12H2,1-6H3. The minimum Gasteiger partial charge on any atom is -0.374 e. The Hall–Kier alpha value is -1.09. The third-order valence-corrected chi connectivity index (χ3v) is 3.17. The summed E-state index contributed by atoms with van der Waals surface area (Å²) in [6.45, 7) is 12.8. The van der Waals surface area contributed by atoms with Crippen molar-refractivity contribution in [2.24, 2.45) is 0 Å². The highest BCUT2D eigenvalue weighted by molar-refractivity contribution is 5.53. The monoisotopic (exact) mass is 263 g/mol.